The normalized spacial score (nSPS) is 15.2. The summed E-state index contributed by atoms with van der Waals surface area (Å²) in [5.41, 5.74) is 1.47. The molecule has 6 nitrogen and oxygen atoms in total. The molecule has 0 saturated carbocycles. The van der Waals surface area contributed by atoms with E-state index in [-0.39, 0.29) is 29.8 Å². The molecule has 1 aliphatic rings. The molecule has 0 radical (unpaired) electrons. The molecule has 0 unspecified atom stereocenters. The van der Waals surface area contributed by atoms with E-state index in [1.807, 2.05) is 6.92 Å². The van der Waals surface area contributed by atoms with Crippen molar-refractivity contribution in [3.05, 3.63) is 84.2 Å². The van der Waals surface area contributed by atoms with Crippen molar-refractivity contribution in [3.63, 3.8) is 0 Å². The maximum absolute atomic E-state index is 13.5. The molecule has 1 aliphatic heterocycles. The lowest BCUT2D eigenvalue weighted by Crippen LogP contribution is -2.41. The number of nitrogens with zero attached hydrogens (tertiary/aromatic N) is 1. The first-order chi connectivity index (χ1) is 15.8. The van der Waals surface area contributed by atoms with E-state index in [0.29, 0.717) is 30.0 Å². The highest BCUT2D eigenvalue weighted by atomic mass is 32.2. The van der Waals surface area contributed by atoms with Crippen LogP contribution in [0.1, 0.15) is 18.4 Å². The fraction of sp³-hybridized carbons (Fsp3) is 0.240. The van der Waals surface area contributed by atoms with Gasteiger partial charge >= 0.3 is 0 Å². The van der Waals surface area contributed by atoms with Gasteiger partial charge in [-0.25, -0.2) is 12.8 Å². The summed E-state index contributed by atoms with van der Waals surface area (Å²) in [5, 5.41) is 2.88. The predicted molar refractivity (Wildman–Crippen MR) is 124 cm³/mol. The summed E-state index contributed by atoms with van der Waals surface area (Å²) >= 11 is 0. The SMILES string of the molecule is Cc1ccc(S(=O)(=O)N2CCC(C(=O)Nc3ccccc3Oc3cccc(F)c3)CC2)cc1. The Balaban J connectivity index is 1.39. The minimum Gasteiger partial charge on any atom is -0.455 e. The number of sulfonamides is 1. The lowest BCUT2D eigenvalue weighted by molar-refractivity contribution is -0.120. The van der Waals surface area contributed by atoms with Crippen molar-refractivity contribution in [1.29, 1.82) is 0 Å². The van der Waals surface area contributed by atoms with Gasteiger partial charge in [0.15, 0.2) is 5.75 Å². The van der Waals surface area contributed by atoms with Crippen molar-refractivity contribution in [3.8, 4) is 11.5 Å². The molecule has 1 heterocycles. The van der Waals surface area contributed by atoms with Gasteiger partial charge < -0.3 is 10.1 Å². The van der Waals surface area contributed by atoms with Crippen LogP contribution in [0.5, 0.6) is 11.5 Å². The van der Waals surface area contributed by atoms with Crippen LogP contribution in [0.15, 0.2) is 77.7 Å². The number of halogens is 1. The van der Waals surface area contributed by atoms with Crippen molar-refractivity contribution in [2.45, 2.75) is 24.7 Å². The Labute approximate surface area is 193 Å². The van der Waals surface area contributed by atoms with Gasteiger partial charge in [-0.1, -0.05) is 35.9 Å². The number of aryl methyl sites for hydroxylation is 1. The number of carbonyl (C=O) groups excluding carboxylic acids is 1. The van der Waals surface area contributed by atoms with Crippen molar-refractivity contribution >= 4 is 21.6 Å². The van der Waals surface area contributed by atoms with Crippen molar-refractivity contribution in [1.82, 2.24) is 4.31 Å². The first kappa shape index (κ1) is 22.9. The van der Waals surface area contributed by atoms with Gasteiger partial charge in [-0.2, -0.15) is 4.31 Å². The van der Waals surface area contributed by atoms with Gasteiger partial charge in [-0.3, -0.25) is 4.79 Å². The van der Waals surface area contributed by atoms with Crippen LogP contribution >= 0.6 is 0 Å². The van der Waals surface area contributed by atoms with Crippen LogP contribution in [0, 0.1) is 18.7 Å². The maximum Gasteiger partial charge on any atom is 0.243 e. The highest BCUT2D eigenvalue weighted by Gasteiger charge is 2.32. The average Bonchev–Trinajstić information content (AvgIpc) is 2.81. The summed E-state index contributed by atoms with van der Waals surface area (Å²) in [6.45, 7) is 2.45. The van der Waals surface area contributed by atoms with Gasteiger partial charge in [-0.05, 0) is 56.2 Å². The van der Waals surface area contributed by atoms with Crippen LogP contribution in [-0.2, 0) is 14.8 Å². The van der Waals surface area contributed by atoms with Gasteiger partial charge in [0, 0.05) is 25.1 Å². The van der Waals surface area contributed by atoms with Crippen molar-refractivity contribution < 1.29 is 22.3 Å². The lowest BCUT2D eigenvalue weighted by Gasteiger charge is -2.30. The van der Waals surface area contributed by atoms with E-state index in [0.717, 1.165) is 5.56 Å². The molecule has 0 aliphatic carbocycles. The molecule has 0 atom stereocenters. The number of rotatable bonds is 6. The summed E-state index contributed by atoms with van der Waals surface area (Å²) in [7, 11) is -3.58. The van der Waals surface area contributed by atoms with Crippen LogP contribution in [0.4, 0.5) is 10.1 Å². The zero-order valence-electron chi connectivity index (χ0n) is 18.2. The van der Waals surface area contributed by atoms with E-state index in [1.54, 1.807) is 60.7 Å². The summed E-state index contributed by atoms with van der Waals surface area (Å²) < 4.78 is 46.4. The van der Waals surface area contributed by atoms with Crippen LogP contribution in [0.3, 0.4) is 0 Å². The van der Waals surface area contributed by atoms with Crippen molar-refractivity contribution in [2.24, 2.45) is 5.92 Å². The Morgan fingerprint density at radius 3 is 2.39 bits per heavy atom. The van der Waals surface area contributed by atoms with Gasteiger partial charge in [0.05, 0.1) is 10.6 Å². The third kappa shape index (κ3) is 5.40. The van der Waals surface area contributed by atoms with Gasteiger partial charge in [0.1, 0.15) is 11.6 Å². The molecular formula is C25H25FN2O4S. The molecule has 4 rings (SSSR count). The Bertz CT molecular complexity index is 1240. The molecule has 1 N–H and O–H groups in total. The Morgan fingerprint density at radius 2 is 1.70 bits per heavy atom. The molecule has 1 fully saturated rings. The van der Waals surface area contributed by atoms with E-state index < -0.39 is 15.8 Å². The second kappa shape index (κ2) is 9.72. The number of para-hydroxylation sites is 2. The van der Waals surface area contributed by atoms with Gasteiger partial charge in [0.25, 0.3) is 0 Å². The summed E-state index contributed by atoms with van der Waals surface area (Å²) in [6.07, 6.45) is 0.841. The molecule has 172 valence electrons. The number of hydrogen-bond acceptors (Lipinski definition) is 4. The number of nitrogens with one attached hydrogen (secondary N) is 1. The summed E-state index contributed by atoms with van der Waals surface area (Å²) in [5.74, 6) is -0.210. The Hall–Kier alpha value is -3.23. The fourth-order valence-corrected chi connectivity index (χ4v) is 5.24. The summed E-state index contributed by atoms with van der Waals surface area (Å²) in [6, 6.07) is 19.5. The molecule has 3 aromatic carbocycles. The number of benzene rings is 3. The molecule has 33 heavy (non-hydrogen) atoms. The van der Waals surface area contributed by atoms with Gasteiger partial charge in [0.2, 0.25) is 15.9 Å². The van der Waals surface area contributed by atoms with E-state index in [1.165, 1.54) is 16.4 Å². The maximum atomic E-state index is 13.5. The van der Waals surface area contributed by atoms with E-state index >= 15 is 0 Å². The molecular weight excluding hydrogens is 443 g/mol. The monoisotopic (exact) mass is 468 g/mol. The third-order valence-electron chi connectivity index (χ3n) is 5.65. The molecule has 0 aromatic heterocycles. The van der Waals surface area contributed by atoms with Gasteiger partial charge in [-0.15, -0.1) is 0 Å². The second-order valence-corrected chi connectivity index (χ2v) is 9.97. The molecule has 0 spiro atoms. The number of hydrogen-bond donors (Lipinski definition) is 1. The topological polar surface area (TPSA) is 75.7 Å². The highest BCUT2D eigenvalue weighted by molar-refractivity contribution is 7.89. The zero-order chi connectivity index (χ0) is 23.4. The Morgan fingerprint density at radius 1 is 1.00 bits per heavy atom. The highest BCUT2D eigenvalue weighted by Crippen LogP contribution is 2.31. The Kier molecular flexibility index (Phi) is 6.76. The molecule has 1 amide bonds. The first-order valence-electron chi connectivity index (χ1n) is 10.7. The van der Waals surface area contributed by atoms with Crippen LogP contribution in [-0.4, -0.2) is 31.7 Å². The lowest BCUT2D eigenvalue weighted by atomic mass is 9.97. The number of ether oxygens (including phenoxy) is 1. The largest absolute Gasteiger partial charge is 0.455 e. The minimum absolute atomic E-state index is 0.197. The number of amides is 1. The first-order valence-corrected chi connectivity index (χ1v) is 12.2. The number of anilines is 1. The fourth-order valence-electron chi connectivity index (χ4n) is 3.77. The predicted octanol–water partition coefficient (Wildman–Crippen LogP) is 4.97. The van der Waals surface area contributed by atoms with Crippen LogP contribution in [0.25, 0.3) is 0 Å². The van der Waals surface area contributed by atoms with E-state index in [9.17, 15) is 17.6 Å². The quantitative estimate of drug-likeness (QED) is 0.555. The van der Waals surface area contributed by atoms with Crippen LogP contribution < -0.4 is 10.1 Å². The molecule has 8 heteroatoms. The number of piperidine rings is 1. The molecule has 0 bridgehead atoms. The van der Waals surface area contributed by atoms with E-state index in [2.05, 4.69) is 5.32 Å². The van der Waals surface area contributed by atoms with E-state index in [4.69, 9.17) is 4.74 Å². The molecule has 3 aromatic rings. The van der Waals surface area contributed by atoms with Crippen LogP contribution in [0.2, 0.25) is 0 Å². The standard InChI is InChI=1S/C25H25FN2O4S/c1-18-9-11-22(12-10-18)33(30,31)28-15-13-19(14-16-28)25(29)27-23-7-2-3-8-24(23)32-21-6-4-5-20(26)17-21/h2-12,17,19H,13-16H2,1H3,(H,27,29). The minimum atomic E-state index is -3.58. The average molecular weight is 469 g/mol. The van der Waals surface area contributed by atoms with Crippen molar-refractivity contribution in [2.75, 3.05) is 18.4 Å². The zero-order valence-corrected chi connectivity index (χ0v) is 19.0. The molecule has 1 saturated heterocycles. The second-order valence-electron chi connectivity index (χ2n) is 8.04. The third-order valence-corrected chi connectivity index (χ3v) is 7.57. The number of carbonyl (C=O) groups is 1. The summed E-state index contributed by atoms with van der Waals surface area (Å²) in [4.78, 5) is 13.2. The smallest absolute Gasteiger partial charge is 0.243 e.